The first kappa shape index (κ1) is 23.6. The maximum atomic E-state index is 12.9. The summed E-state index contributed by atoms with van der Waals surface area (Å²) in [6.07, 6.45) is 3.05. The summed E-state index contributed by atoms with van der Waals surface area (Å²) in [7, 11) is 0. The maximum absolute atomic E-state index is 12.9. The zero-order chi connectivity index (χ0) is 24.2. The number of ketones is 1. The summed E-state index contributed by atoms with van der Waals surface area (Å²) in [6, 6.07) is 16.7. The lowest BCUT2D eigenvalue weighted by molar-refractivity contribution is 0.0734. The summed E-state index contributed by atoms with van der Waals surface area (Å²) in [6.45, 7) is 4.10. The van der Waals surface area contributed by atoms with E-state index in [2.05, 4.69) is 0 Å². The molecule has 172 valence electrons. The Morgan fingerprint density at radius 1 is 0.971 bits per heavy atom. The monoisotopic (exact) mass is 494 g/mol. The third-order valence-corrected chi connectivity index (χ3v) is 5.64. The van der Waals surface area contributed by atoms with Crippen LogP contribution in [0.1, 0.15) is 39.0 Å². The lowest BCUT2D eigenvalue weighted by Gasteiger charge is -2.06. The maximum Gasteiger partial charge on any atom is 0.347 e. The number of halogens is 2. The van der Waals surface area contributed by atoms with E-state index in [4.69, 9.17) is 37.1 Å². The number of carbonyl (C=O) groups is 2. The van der Waals surface area contributed by atoms with Crippen LogP contribution in [0.2, 0.25) is 10.0 Å². The molecule has 34 heavy (non-hydrogen) atoms. The summed E-state index contributed by atoms with van der Waals surface area (Å²) in [5.41, 5.74) is 2.02. The Hall–Kier alpha value is -3.54. The number of hydrogen-bond acceptors (Lipinski definition) is 5. The molecule has 1 aromatic heterocycles. The third kappa shape index (κ3) is 5.16. The van der Waals surface area contributed by atoms with Crippen LogP contribution >= 0.6 is 23.2 Å². The molecule has 0 amide bonds. The molecule has 0 aliphatic heterocycles. The van der Waals surface area contributed by atoms with Gasteiger partial charge in [-0.2, -0.15) is 0 Å². The summed E-state index contributed by atoms with van der Waals surface area (Å²) >= 11 is 12.0. The molecular formula is C27H20Cl2O5. The number of esters is 1. The van der Waals surface area contributed by atoms with E-state index in [1.807, 2.05) is 6.92 Å². The topological polar surface area (TPSA) is 65.7 Å². The summed E-state index contributed by atoms with van der Waals surface area (Å²) in [4.78, 5) is 25.4. The van der Waals surface area contributed by atoms with Crippen LogP contribution in [0, 0.1) is 6.92 Å². The van der Waals surface area contributed by atoms with Crippen molar-refractivity contribution in [3.63, 3.8) is 0 Å². The number of fused-ring (bicyclic) bond motifs is 1. The molecule has 0 aliphatic rings. The highest BCUT2D eigenvalue weighted by molar-refractivity contribution is 6.35. The van der Waals surface area contributed by atoms with Crippen LogP contribution in [0.15, 0.2) is 71.2 Å². The number of furan rings is 1. The zero-order valence-electron chi connectivity index (χ0n) is 18.4. The van der Waals surface area contributed by atoms with Gasteiger partial charge in [0.2, 0.25) is 0 Å². The van der Waals surface area contributed by atoms with Crippen LogP contribution in [0.3, 0.4) is 0 Å². The van der Waals surface area contributed by atoms with E-state index in [-0.39, 0.29) is 5.78 Å². The molecule has 0 radical (unpaired) electrons. The molecule has 0 spiro atoms. The van der Waals surface area contributed by atoms with Crippen LogP contribution in [-0.2, 0) is 0 Å². The Morgan fingerprint density at radius 3 is 2.41 bits per heavy atom. The molecule has 5 nitrogen and oxygen atoms in total. The molecular weight excluding hydrogens is 475 g/mol. The molecule has 0 unspecified atom stereocenters. The van der Waals surface area contributed by atoms with Crippen molar-refractivity contribution < 1.29 is 23.5 Å². The van der Waals surface area contributed by atoms with Crippen molar-refractivity contribution in [2.45, 2.75) is 13.8 Å². The molecule has 0 atom stereocenters. The van der Waals surface area contributed by atoms with E-state index in [0.29, 0.717) is 61.6 Å². The van der Waals surface area contributed by atoms with Crippen LogP contribution < -0.4 is 9.47 Å². The minimum atomic E-state index is -0.554. The summed E-state index contributed by atoms with van der Waals surface area (Å²) < 4.78 is 16.8. The van der Waals surface area contributed by atoms with Crippen LogP contribution in [0.4, 0.5) is 0 Å². The molecule has 0 saturated heterocycles. The van der Waals surface area contributed by atoms with Gasteiger partial charge >= 0.3 is 5.97 Å². The first-order valence-corrected chi connectivity index (χ1v) is 11.3. The van der Waals surface area contributed by atoms with Gasteiger partial charge in [0.05, 0.1) is 6.61 Å². The molecule has 4 aromatic rings. The molecule has 0 bridgehead atoms. The van der Waals surface area contributed by atoms with Crippen molar-refractivity contribution >= 4 is 52.0 Å². The van der Waals surface area contributed by atoms with Crippen LogP contribution in [0.5, 0.6) is 11.5 Å². The Morgan fingerprint density at radius 2 is 1.71 bits per heavy atom. The van der Waals surface area contributed by atoms with Crippen LogP contribution in [0.25, 0.3) is 17.0 Å². The Labute approximate surface area is 206 Å². The predicted octanol–water partition coefficient (Wildman–Crippen LogP) is 7.56. The molecule has 0 saturated carbocycles. The van der Waals surface area contributed by atoms with Crippen molar-refractivity contribution in [3.05, 3.63) is 99.2 Å². The molecule has 0 fully saturated rings. The first-order valence-electron chi connectivity index (χ1n) is 10.5. The second-order valence-electron chi connectivity index (χ2n) is 7.40. The number of ether oxygens (including phenoxy) is 2. The number of benzene rings is 3. The quantitative estimate of drug-likeness (QED) is 0.115. The zero-order valence-corrected chi connectivity index (χ0v) is 19.9. The first-order chi connectivity index (χ1) is 16.4. The molecule has 0 N–H and O–H groups in total. The highest BCUT2D eigenvalue weighted by Gasteiger charge is 2.21. The number of allylic oxidation sites excluding steroid dienone is 1. The number of hydrogen-bond donors (Lipinski definition) is 0. The summed E-state index contributed by atoms with van der Waals surface area (Å²) in [5.74, 6) is 0.623. The third-order valence-electron chi connectivity index (χ3n) is 5.08. The van der Waals surface area contributed by atoms with Gasteiger partial charge in [-0.3, -0.25) is 4.79 Å². The minimum Gasteiger partial charge on any atom is -0.494 e. The second kappa shape index (κ2) is 10.2. The van der Waals surface area contributed by atoms with Crippen molar-refractivity contribution in [3.8, 4) is 11.5 Å². The van der Waals surface area contributed by atoms with Gasteiger partial charge in [0.25, 0.3) is 0 Å². The van der Waals surface area contributed by atoms with Crippen molar-refractivity contribution in [1.29, 1.82) is 0 Å². The van der Waals surface area contributed by atoms with Crippen molar-refractivity contribution in [1.82, 2.24) is 0 Å². The smallest absolute Gasteiger partial charge is 0.347 e. The van der Waals surface area contributed by atoms with Gasteiger partial charge < -0.3 is 13.9 Å². The lowest BCUT2D eigenvalue weighted by Crippen LogP contribution is -2.09. The van der Waals surface area contributed by atoms with Crippen LogP contribution in [-0.4, -0.2) is 18.4 Å². The van der Waals surface area contributed by atoms with E-state index >= 15 is 0 Å². The molecule has 7 heteroatoms. The normalized spacial score (nSPS) is 11.2. The van der Waals surface area contributed by atoms with E-state index in [1.54, 1.807) is 73.7 Å². The molecule has 4 rings (SSSR count). The van der Waals surface area contributed by atoms with Gasteiger partial charge in [-0.25, -0.2) is 4.79 Å². The SMILES string of the molecule is CCOc1ccc2oc(C)c(C(=O)Oc3ccc(C(=O)C=Cc4ccc(Cl)cc4Cl)cc3)c2c1. The lowest BCUT2D eigenvalue weighted by atomic mass is 10.1. The van der Waals surface area contributed by atoms with Gasteiger partial charge in [-0.05, 0) is 86.2 Å². The standard InChI is InChI=1S/C27H20Cl2O5/c1-3-32-21-11-13-25-22(15-21)26(16(2)33-25)27(31)34-20-9-5-18(6-10-20)24(30)12-7-17-4-8-19(28)14-23(17)29/h4-15H,3H2,1-2H3. The Balaban J connectivity index is 1.49. The van der Waals surface area contributed by atoms with E-state index in [9.17, 15) is 9.59 Å². The van der Waals surface area contributed by atoms with E-state index < -0.39 is 5.97 Å². The molecule has 1 heterocycles. The fourth-order valence-electron chi connectivity index (χ4n) is 3.45. The number of carbonyl (C=O) groups excluding carboxylic acids is 2. The van der Waals surface area contributed by atoms with Gasteiger partial charge in [-0.1, -0.05) is 29.3 Å². The summed E-state index contributed by atoms with van der Waals surface area (Å²) in [5, 5.41) is 1.59. The second-order valence-corrected chi connectivity index (χ2v) is 8.25. The average molecular weight is 495 g/mol. The largest absolute Gasteiger partial charge is 0.494 e. The average Bonchev–Trinajstić information content (AvgIpc) is 3.14. The fourth-order valence-corrected chi connectivity index (χ4v) is 3.92. The number of rotatable bonds is 7. The Kier molecular flexibility index (Phi) is 7.06. The van der Waals surface area contributed by atoms with E-state index in [0.717, 1.165) is 0 Å². The van der Waals surface area contributed by atoms with Crippen molar-refractivity contribution in [2.75, 3.05) is 6.61 Å². The fraction of sp³-hybridized carbons (Fsp3) is 0.111. The van der Waals surface area contributed by atoms with E-state index in [1.165, 1.54) is 6.08 Å². The highest BCUT2D eigenvalue weighted by atomic mass is 35.5. The van der Waals surface area contributed by atoms with Gasteiger partial charge in [0, 0.05) is 21.0 Å². The molecule has 3 aromatic carbocycles. The van der Waals surface area contributed by atoms with Gasteiger partial charge in [0.15, 0.2) is 5.78 Å². The number of aryl methyl sites for hydroxylation is 1. The van der Waals surface area contributed by atoms with Gasteiger partial charge in [0.1, 0.15) is 28.4 Å². The highest BCUT2D eigenvalue weighted by Crippen LogP contribution is 2.30. The molecule has 0 aliphatic carbocycles. The predicted molar refractivity (Wildman–Crippen MR) is 133 cm³/mol. The minimum absolute atomic E-state index is 0.219. The Bertz CT molecular complexity index is 1400. The van der Waals surface area contributed by atoms with Gasteiger partial charge in [-0.15, -0.1) is 0 Å². The van der Waals surface area contributed by atoms with Crippen molar-refractivity contribution in [2.24, 2.45) is 0 Å².